The minimum Gasteiger partial charge on any atom is -0.279 e. The second-order valence-corrected chi connectivity index (χ2v) is 10.1. The van der Waals surface area contributed by atoms with Gasteiger partial charge in [-0.15, -0.1) is 11.3 Å². The molecule has 0 bridgehead atoms. The average Bonchev–Trinajstić information content (AvgIpc) is 2.98. The van der Waals surface area contributed by atoms with Crippen LogP contribution in [0.25, 0.3) is 20.7 Å². The summed E-state index contributed by atoms with van der Waals surface area (Å²) in [5.74, 6) is 0. The third-order valence-corrected chi connectivity index (χ3v) is 7.49. The van der Waals surface area contributed by atoms with Gasteiger partial charge in [0.1, 0.15) is 4.83 Å². The normalized spacial score (nSPS) is 11.7. The molecular formula is C22H19ClN2O2S2. The van der Waals surface area contributed by atoms with Crippen LogP contribution in [-0.2, 0) is 10.0 Å². The van der Waals surface area contributed by atoms with E-state index in [0.717, 1.165) is 31.9 Å². The van der Waals surface area contributed by atoms with E-state index in [9.17, 15) is 8.42 Å². The number of thiophene rings is 1. The van der Waals surface area contributed by atoms with Crippen LogP contribution in [0.5, 0.6) is 0 Å². The van der Waals surface area contributed by atoms with Gasteiger partial charge >= 0.3 is 0 Å². The number of fused-ring (bicyclic) bond motifs is 1. The van der Waals surface area contributed by atoms with Gasteiger partial charge in [-0.3, -0.25) is 4.72 Å². The van der Waals surface area contributed by atoms with Crippen molar-refractivity contribution in [3.8, 4) is 10.4 Å². The Kier molecular flexibility index (Phi) is 5.11. The maximum Gasteiger partial charge on any atom is 0.261 e. The highest BCUT2D eigenvalue weighted by atomic mass is 35.5. The van der Waals surface area contributed by atoms with Gasteiger partial charge in [0.05, 0.1) is 10.6 Å². The summed E-state index contributed by atoms with van der Waals surface area (Å²) >= 11 is 7.55. The monoisotopic (exact) mass is 442 g/mol. The molecule has 7 heteroatoms. The topological polar surface area (TPSA) is 59.1 Å². The summed E-state index contributed by atoms with van der Waals surface area (Å²) in [6, 6.07) is 16.3. The Hall–Kier alpha value is -2.41. The fourth-order valence-electron chi connectivity index (χ4n) is 3.35. The number of rotatable bonds is 4. The van der Waals surface area contributed by atoms with E-state index in [0.29, 0.717) is 10.7 Å². The van der Waals surface area contributed by atoms with Crippen LogP contribution in [0, 0.1) is 20.8 Å². The fourth-order valence-corrected chi connectivity index (χ4v) is 5.96. The lowest BCUT2D eigenvalue weighted by Gasteiger charge is -2.11. The Morgan fingerprint density at radius 2 is 1.76 bits per heavy atom. The van der Waals surface area contributed by atoms with Gasteiger partial charge in [-0.25, -0.2) is 13.4 Å². The van der Waals surface area contributed by atoms with Crippen molar-refractivity contribution in [1.82, 2.24) is 4.98 Å². The van der Waals surface area contributed by atoms with Gasteiger partial charge in [0.25, 0.3) is 10.0 Å². The molecule has 148 valence electrons. The SMILES string of the molecule is Cc1cccc(-c2sc3nc(C)cc(NS(=O)(=O)c4cccc(Cl)c4)c3c2C)c1. The number of halogens is 1. The molecule has 1 N–H and O–H groups in total. The van der Waals surface area contributed by atoms with E-state index in [-0.39, 0.29) is 4.90 Å². The Morgan fingerprint density at radius 3 is 2.48 bits per heavy atom. The number of anilines is 1. The van der Waals surface area contributed by atoms with Gasteiger partial charge in [-0.2, -0.15) is 0 Å². The van der Waals surface area contributed by atoms with Crippen molar-refractivity contribution < 1.29 is 8.42 Å². The molecule has 0 aliphatic heterocycles. The number of aryl methyl sites for hydroxylation is 3. The number of pyridine rings is 1. The zero-order chi connectivity index (χ0) is 20.8. The molecular weight excluding hydrogens is 424 g/mol. The number of aromatic nitrogens is 1. The molecule has 4 nitrogen and oxygen atoms in total. The Labute approximate surface area is 179 Å². The maximum absolute atomic E-state index is 13.0. The van der Waals surface area contributed by atoms with Gasteiger partial charge in [0.2, 0.25) is 0 Å². The van der Waals surface area contributed by atoms with Crippen LogP contribution in [-0.4, -0.2) is 13.4 Å². The standard InChI is InChI=1S/C22H19ClN2O2S2/c1-13-6-4-7-16(10-13)21-15(3)20-19(11-14(2)24-22(20)28-21)25-29(26,27)18-9-5-8-17(23)12-18/h4-12H,1-3H3,(H,24,25). The van der Waals surface area contributed by atoms with Crippen molar-refractivity contribution in [3.05, 3.63) is 76.4 Å². The molecule has 0 aliphatic carbocycles. The van der Waals surface area contributed by atoms with Crippen molar-refractivity contribution in [2.75, 3.05) is 4.72 Å². The Morgan fingerprint density at radius 1 is 1.00 bits per heavy atom. The van der Waals surface area contributed by atoms with E-state index >= 15 is 0 Å². The first kappa shape index (κ1) is 19.9. The summed E-state index contributed by atoms with van der Waals surface area (Å²) < 4.78 is 28.7. The van der Waals surface area contributed by atoms with Crippen LogP contribution < -0.4 is 4.72 Å². The van der Waals surface area contributed by atoms with Crippen LogP contribution in [0.1, 0.15) is 16.8 Å². The highest BCUT2D eigenvalue weighted by Gasteiger charge is 2.20. The molecule has 2 heterocycles. The van der Waals surface area contributed by atoms with Gasteiger partial charge in [0.15, 0.2) is 0 Å². The van der Waals surface area contributed by atoms with Crippen molar-refractivity contribution in [3.63, 3.8) is 0 Å². The number of nitrogens with zero attached hydrogens (tertiary/aromatic N) is 1. The molecule has 2 aromatic carbocycles. The molecule has 29 heavy (non-hydrogen) atoms. The summed E-state index contributed by atoms with van der Waals surface area (Å²) in [5, 5.41) is 1.19. The lowest BCUT2D eigenvalue weighted by Crippen LogP contribution is -2.13. The molecule has 0 saturated heterocycles. The smallest absolute Gasteiger partial charge is 0.261 e. The Bertz CT molecular complexity index is 1340. The lowest BCUT2D eigenvalue weighted by molar-refractivity contribution is 0.601. The lowest BCUT2D eigenvalue weighted by atomic mass is 10.1. The molecule has 0 radical (unpaired) electrons. The quantitative estimate of drug-likeness (QED) is 0.401. The summed E-state index contributed by atoms with van der Waals surface area (Å²) in [6.07, 6.45) is 0. The predicted molar refractivity (Wildman–Crippen MR) is 122 cm³/mol. The van der Waals surface area contributed by atoms with Crippen molar-refractivity contribution in [2.24, 2.45) is 0 Å². The number of benzene rings is 2. The largest absolute Gasteiger partial charge is 0.279 e. The fraction of sp³-hybridized carbons (Fsp3) is 0.136. The molecule has 0 saturated carbocycles. The third-order valence-electron chi connectivity index (χ3n) is 4.66. The summed E-state index contributed by atoms with van der Waals surface area (Å²) in [5.41, 5.74) is 4.56. The summed E-state index contributed by atoms with van der Waals surface area (Å²) in [7, 11) is -3.78. The van der Waals surface area contributed by atoms with Gasteiger partial charge in [-0.1, -0.05) is 47.5 Å². The van der Waals surface area contributed by atoms with Crippen molar-refractivity contribution in [1.29, 1.82) is 0 Å². The second-order valence-electron chi connectivity index (χ2n) is 6.98. The van der Waals surface area contributed by atoms with E-state index in [1.54, 1.807) is 29.5 Å². The Balaban J connectivity index is 1.87. The van der Waals surface area contributed by atoms with Gasteiger partial charge < -0.3 is 0 Å². The molecule has 4 rings (SSSR count). The average molecular weight is 443 g/mol. The maximum atomic E-state index is 13.0. The predicted octanol–water partition coefficient (Wildman–Crippen LogP) is 6.34. The molecule has 0 aliphatic rings. The molecule has 4 aromatic rings. The molecule has 0 atom stereocenters. The first-order chi connectivity index (χ1) is 13.7. The second kappa shape index (κ2) is 7.44. The van der Waals surface area contributed by atoms with E-state index in [1.807, 2.05) is 19.9 Å². The highest BCUT2D eigenvalue weighted by molar-refractivity contribution is 7.92. The first-order valence-electron chi connectivity index (χ1n) is 9.01. The molecule has 0 amide bonds. The zero-order valence-electron chi connectivity index (χ0n) is 16.2. The number of hydrogen-bond acceptors (Lipinski definition) is 4. The van der Waals surface area contributed by atoms with Crippen LogP contribution in [0.4, 0.5) is 5.69 Å². The van der Waals surface area contributed by atoms with Crippen LogP contribution in [0.2, 0.25) is 5.02 Å². The van der Waals surface area contributed by atoms with E-state index in [1.165, 1.54) is 17.7 Å². The minimum atomic E-state index is -3.78. The molecule has 0 unspecified atom stereocenters. The van der Waals surface area contributed by atoms with Crippen molar-refractivity contribution in [2.45, 2.75) is 25.7 Å². The number of nitrogens with one attached hydrogen (secondary N) is 1. The van der Waals surface area contributed by atoms with E-state index in [4.69, 9.17) is 11.6 Å². The first-order valence-corrected chi connectivity index (χ1v) is 11.7. The zero-order valence-corrected chi connectivity index (χ0v) is 18.5. The number of sulfonamides is 1. The third kappa shape index (κ3) is 3.88. The van der Waals surface area contributed by atoms with Gasteiger partial charge in [0, 0.05) is 21.0 Å². The summed E-state index contributed by atoms with van der Waals surface area (Å²) in [6.45, 7) is 5.92. The summed E-state index contributed by atoms with van der Waals surface area (Å²) in [4.78, 5) is 6.67. The molecule has 0 spiro atoms. The highest BCUT2D eigenvalue weighted by Crippen LogP contribution is 2.41. The number of hydrogen-bond donors (Lipinski definition) is 1. The molecule has 0 fully saturated rings. The van der Waals surface area contributed by atoms with Crippen LogP contribution in [0.15, 0.2) is 59.5 Å². The van der Waals surface area contributed by atoms with E-state index < -0.39 is 10.0 Å². The van der Waals surface area contributed by atoms with E-state index in [2.05, 4.69) is 34.8 Å². The minimum absolute atomic E-state index is 0.124. The van der Waals surface area contributed by atoms with Gasteiger partial charge in [-0.05, 0) is 56.2 Å². The van der Waals surface area contributed by atoms with Crippen LogP contribution in [0.3, 0.4) is 0 Å². The molecule has 2 aromatic heterocycles. The van der Waals surface area contributed by atoms with Crippen molar-refractivity contribution >= 4 is 48.9 Å². The van der Waals surface area contributed by atoms with Crippen LogP contribution >= 0.6 is 22.9 Å².